The van der Waals surface area contributed by atoms with E-state index in [0.29, 0.717) is 6.10 Å². The van der Waals surface area contributed by atoms with Gasteiger partial charge in [0.25, 0.3) is 0 Å². The van der Waals surface area contributed by atoms with Gasteiger partial charge in [-0.25, -0.2) is 4.98 Å². The Morgan fingerprint density at radius 1 is 1.58 bits per heavy atom. The number of hydrogen-bond acceptors (Lipinski definition) is 4. The first-order valence-electron chi connectivity index (χ1n) is 6.24. The van der Waals surface area contributed by atoms with Crippen molar-refractivity contribution in [3.63, 3.8) is 0 Å². The third-order valence-corrected chi connectivity index (χ3v) is 3.94. The molecule has 0 saturated carbocycles. The van der Waals surface area contributed by atoms with Crippen LogP contribution in [-0.4, -0.2) is 37.2 Å². The zero-order valence-electron chi connectivity index (χ0n) is 11.3. The van der Waals surface area contributed by atoms with Crippen LogP contribution in [-0.2, 0) is 11.3 Å². The molecular weight excluding hydrogens is 375 g/mol. The average Bonchev–Trinajstić information content (AvgIpc) is 3.01. The van der Waals surface area contributed by atoms with E-state index < -0.39 is 0 Å². The molecule has 1 aromatic rings. The van der Waals surface area contributed by atoms with Crippen molar-refractivity contribution in [2.75, 3.05) is 20.2 Å². The summed E-state index contributed by atoms with van der Waals surface area (Å²) >= 11 is 1.66. The zero-order chi connectivity index (χ0) is 12.8. The maximum Gasteiger partial charge on any atom is 0.191 e. The van der Waals surface area contributed by atoms with Crippen molar-refractivity contribution in [3.8, 4) is 0 Å². The minimum atomic E-state index is 0. The Bertz CT molecular complexity index is 404. The number of aromatic nitrogens is 1. The van der Waals surface area contributed by atoms with Crippen LogP contribution in [0.3, 0.4) is 0 Å². The number of nitrogens with one attached hydrogen (secondary N) is 2. The standard InChI is InChI=1S/C12H20N4OS.HI/c1-9-11(18-8-16-9)7-15-12(13-2)14-6-10-4-3-5-17-10;/h8,10H,3-7H2,1-2H3,(H2,13,14,15);1H. The number of aryl methyl sites for hydroxylation is 1. The fourth-order valence-corrected chi connectivity index (χ4v) is 2.61. The molecule has 1 aliphatic heterocycles. The summed E-state index contributed by atoms with van der Waals surface area (Å²) < 4.78 is 5.56. The average molecular weight is 396 g/mol. The molecule has 0 aromatic carbocycles. The third kappa shape index (κ3) is 5.23. The molecule has 0 amide bonds. The first kappa shape index (κ1) is 16.6. The molecule has 1 unspecified atom stereocenters. The molecule has 0 aliphatic carbocycles. The molecule has 5 nitrogen and oxygen atoms in total. The summed E-state index contributed by atoms with van der Waals surface area (Å²) in [5.41, 5.74) is 2.96. The van der Waals surface area contributed by atoms with E-state index in [4.69, 9.17) is 4.74 Å². The zero-order valence-corrected chi connectivity index (χ0v) is 14.5. The lowest BCUT2D eigenvalue weighted by Crippen LogP contribution is -2.40. The van der Waals surface area contributed by atoms with Gasteiger partial charge in [-0.1, -0.05) is 0 Å². The van der Waals surface area contributed by atoms with Crippen molar-refractivity contribution in [2.24, 2.45) is 4.99 Å². The van der Waals surface area contributed by atoms with Crippen LogP contribution >= 0.6 is 35.3 Å². The first-order chi connectivity index (χ1) is 8.79. The predicted molar refractivity (Wildman–Crippen MR) is 89.4 cm³/mol. The molecule has 1 atom stereocenters. The molecule has 1 saturated heterocycles. The number of thiazole rings is 1. The SMILES string of the molecule is CN=C(NCc1scnc1C)NCC1CCCO1.I. The van der Waals surface area contributed by atoms with E-state index in [1.165, 1.54) is 11.3 Å². The van der Waals surface area contributed by atoms with Crippen LogP contribution in [0.5, 0.6) is 0 Å². The summed E-state index contributed by atoms with van der Waals surface area (Å²) in [6.07, 6.45) is 2.63. The Labute approximate surface area is 135 Å². The summed E-state index contributed by atoms with van der Waals surface area (Å²) in [4.78, 5) is 9.67. The molecule has 0 spiro atoms. The minimum absolute atomic E-state index is 0. The Kier molecular flexibility index (Phi) is 7.62. The van der Waals surface area contributed by atoms with Gasteiger partial charge in [0.2, 0.25) is 0 Å². The van der Waals surface area contributed by atoms with Crippen molar-refractivity contribution in [1.82, 2.24) is 15.6 Å². The second-order valence-corrected chi connectivity index (χ2v) is 5.24. The number of ether oxygens (including phenoxy) is 1. The third-order valence-electron chi connectivity index (χ3n) is 3.01. The Morgan fingerprint density at radius 3 is 3.00 bits per heavy atom. The van der Waals surface area contributed by atoms with Gasteiger partial charge in [0.05, 0.1) is 23.9 Å². The van der Waals surface area contributed by atoms with E-state index in [9.17, 15) is 0 Å². The Balaban J connectivity index is 0.00000180. The second kappa shape index (κ2) is 8.70. The molecule has 7 heteroatoms. The summed E-state index contributed by atoms with van der Waals surface area (Å²) in [6.45, 7) is 4.50. The maximum atomic E-state index is 5.56. The molecule has 19 heavy (non-hydrogen) atoms. The first-order valence-corrected chi connectivity index (χ1v) is 7.12. The van der Waals surface area contributed by atoms with Crippen LogP contribution in [0, 0.1) is 6.92 Å². The quantitative estimate of drug-likeness (QED) is 0.464. The highest BCUT2D eigenvalue weighted by Crippen LogP contribution is 2.11. The normalized spacial score (nSPS) is 19.1. The molecule has 2 N–H and O–H groups in total. The van der Waals surface area contributed by atoms with E-state index in [1.54, 1.807) is 18.4 Å². The number of nitrogens with zero attached hydrogens (tertiary/aromatic N) is 2. The van der Waals surface area contributed by atoms with E-state index in [2.05, 4.69) is 20.6 Å². The van der Waals surface area contributed by atoms with Gasteiger partial charge in [0.1, 0.15) is 0 Å². The highest BCUT2D eigenvalue weighted by Gasteiger charge is 2.15. The second-order valence-electron chi connectivity index (χ2n) is 4.30. The number of guanidine groups is 1. The van der Waals surface area contributed by atoms with Gasteiger partial charge in [0.15, 0.2) is 5.96 Å². The van der Waals surface area contributed by atoms with Crippen molar-refractivity contribution < 1.29 is 4.74 Å². The maximum absolute atomic E-state index is 5.56. The highest BCUT2D eigenvalue weighted by atomic mass is 127. The highest BCUT2D eigenvalue weighted by molar-refractivity contribution is 14.0. The molecule has 2 rings (SSSR count). The smallest absolute Gasteiger partial charge is 0.191 e. The minimum Gasteiger partial charge on any atom is -0.376 e. The van der Waals surface area contributed by atoms with Gasteiger partial charge >= 0.3 is 0 Å². The van der Waals surface area contributed by atoms with Crippen LogP contribution in [0.2, 0.25) is 0 Å². The van der Waals surface area contributed by atoms with E-state index >= 15 is 0 Å². The summed E-state index contributed by atoms with van der Waals surface area (Å²) in [5.74, 6) is 0.818. The van der Waals surface area contributed by atoms with Gasteiger partial charge < -0.3 is 15.4 Å². The van der Waals surface area contributed by atoms with Gasteiger partial charge in [-0.3, -0.25) is 4.99 Å². The van der Waals surface area contributed by atoms with Crippen LogP contribution in [0.25, 0.3) is 0 Å². The molecule has 1 aliphatic rings. The summed E-state index contributed by atoms with van der Waals surface area (Å²) in [6, 6.07) is 0. The molecule has 2 heterocycles. The summed E-state index contributed by atoms with van der Waals surface area (Å²) in [7, 11) is 1.78. The lowest BCUT2D eigenvalue weighted by molar-refractivity contribution is 0.114. The molecule has 1 fully saturated rings. The van der Waals surface area contributed by atoms with E-state index in [-0.39, 0.29) is 24.0 Å². The predicted octanol–water partition coefficient (Wildman–Crippen LogP) is 1.91. The lowest BCUT2D eigenvalue weighted by atomic mass is 10.2. The van der Waals surface area contributed by atoms with Gasteiger partial charge in [-0.2, -0.15) is 0 Å². The van der Waals surface area contributed by atoms with Crippen LogP contribution in [0.4, 0.5) is 0 Å². The molecule has 0 bridgehead atoms. The molecule has 108 valence electrons. The van der Waals surface area contributed by atoms with Gasteiger partial charge in [-0.15, -0.1) is 35.3 Å². The fraction of sp³-hybridized carbons (Fsp3) is 0.667. The van der Waals surface area contributed by atoms with Gasteiger partial charge in [-0.05, 0) is 19.8 Å². The van der Waals surface area contributed by atoms with E-state index in [0.717, 1.165) is 37.8 Å². The number of halogens is 1. The topological polar surface area (TPSA) is 58.5 Å². The summed E-state index contributed by atoms with van der Waals surface area (Å²) in [5, 5.41) is 6.58. The molecular formula is C12H21IN4OS. The lowest BCUT2D eigenvalue weighted by Gasteiger charge is -2.14. The number of rotatable bonds is 4. The monoisotopic (exact) mass is 396 g/mol. The van der Waals surface area contributed by atoms with Crippen molar-refractivity contribution >= 4 is 41.3 Å². The Hall–Kier alpha value is -0.410. The van der Waals surface area contributed by atoms with Crippen LogP contribution in [0.15, 0.2) is 10.5 Å². The number of aliphatic imine (C=N–C) groups is 1. The molecule has 0 radical (unpaired) electrons. The van der Waals surface area contributed by atoms with Crippen LogP contribution < -0.4 is 10.6 Å². The van der Waals surface area contributed by atoms with Crippen molar-refractivity contribution in [1.29, 1.82) is 0 Å². The van der Waals surface area contributed by atoms with Crippen molar-refractivity contribution in [2.45, 2.75) is 32.4 Å². The van der Waals surface area contributed by atoms with E-state index in [1.807, 2.05) is 12.4 Å². The van der Waals surface area contributed by atoms with Gasteiger partial charge in [0, 0.05) is 25.1 Å². The molecule has 1 aromatic heterocycles. The van der Waals surface area contributed by atoms with Crippen molar-refractivity contribution in [3.05, 3.63) is 16.1 Å². The fourth-order valence-electron chi connectivity index (χ4n) is 1.90. The number of hydrogen-bond donors (Lipinski definition) is 2. The van der Waals surface area contributed by atoms with Crippen LogP contribution in [0.1, 0.15) is 23.4 Å². The Morgan fingerprint density at radius 2 is 2.42 bits per heavy atom. The largest absolute Gasteiger partial charge is 0.376 e.